The molecule has 4 heterocycles. The fraction of sp³-hybridized carbons (Fsp3) is 0. The number of hydrogen-bond donors (Lipinski definition) is 0. The van der Waals surface area contributed by atoms with Crippen molar-refractivity contribution in [2.24, 2.45) is 0 Å². The van der Waals surface area contributed by atoms with E-state index in [1.54, 1.807) is 0 Å². The first-order valence-electron chi connectivity index (χ1n) is 21.8. The Balaban J connectivity index is 1.06. The van der Waals surface area contributed by atoms with Crippen molar-refractivity contribution in [3.63, 3.8) is 0 Å². The van der Waals surface area contributed by atoms with Gasteiger partial charge in [-0.15, -0.1) is 11.3 Å². The molecule has 0 aliphatic heterocycles. The zero-order valence-corrected chi connectivity index (χ0v) is 35.6. The van der Waals surface area contributed by atoms with Crippen molar-refractivity contribution in [2.45, 2.75) is 0 Å². The van der Waals surface area contributed by atoms with Gasteiger partial charge < -0.3 is 4.42 Å². The summed E-state index contributed by atoms with van der Waals surface area (Å²) >= 11 is 1.86. The molecule has 0 N–H and O–H groups in total. The molecule has 302 valence electrons. The molecule has 4 aromatic heterocycles. The van der Waals surface area contributed by atoms with Crippen LogP contribution < -0.4 is 0 Å². The van der Waals surface area contributed by atoms with Gasteiger partial charge in [0.15, 0.2) is 11.6 Å². The molecule has 0 atom stereocenters. The molecule has 5 nitrogen and oxygen atoms in total. The summed E-state index contributed by atoms with van der Waals surface area (Å²) in [6.45, 7) is 0. The number of para-hydroxylation sites is 2. The number of aromatic nitrogens is 4. The van der Waals surface area contributed by atoms with E-state index in [1.165, 1.54) is 52.8 Å². The van der Waals surface area contributed by atoms with E-state index in [-0.39, 0.29) is 0 Å². The number of rotatable bonds is 5. The van der Waals surface area contributed by atoms with Gasteiger partial charge in [-0.3, -0.25) is 4.57 Å². The third-order valence-electron chi connectivity index (χ3n) is 13.1. The zero-order chi connectivity index (χ0) is 42.6. The van der Waals surface area contributed by atoms with Crippen LogP contribution in [0.4, 0.5) is 0 Å². The lowest BCUT2D eigenvalue weighted by atomic mass is 9.90. The molecule has 0 aliphatic rings. The highest BCUT2D eigenvalue weighted by Gasteiger charge is 2.23. The van der Waals surface area contributed by atoms with Crippen molar-refractivity contribution >= 4 is 96.8 Å². The third-order valence-corrected chi connectivity index (χ3v) is 14.2. The Bertz CT molecular complexity index is 4260. The Morgan fingerprint density at radius 1 is 0.369 bits per heavy atom. The molecular weight excluding hydrogens is 813 g/mol. The highest BCUT2D eigenvalue weighted by molar-refractivity contribution is 7.25. The second-order valence-corrected chi connectivity index (χ2v) is 17.7. The maximum atomic E-state index is 6.38. The van der Waals surface area contributed by atoms with Crippen LogP contribution in [0.5, 0.6) is 0 Å². The summed E-state index contributed by atoms with van der Waals surface area (Å²) in [6.07, 6.45) is 0. The molecule has 6 heteroatoms. The van der Waals surface area contributed by atoms with Gasteiger partial charge in [-0.2, -0.15) is 9.97 Å². The largest absolute Gasteiger partial charge is 0.456 e. The number of nitrogens with zero attached hydrogens (tertiary/aromatic N) is 4. The predicted octanol–water partition coefficient (Wildman–Crippen LogP) is 16.2. The lowest BCUT2D eigenvalue weighted by Gasteiger charge is -2.15. The van der Waals surface area contributed by atoms with Crippen LogP contribution >= 0.6 is 11.3 Å². The Morgan fingerprint density at radius 3 is 1.83 bits per heavy atom. The lowest BCUT2D eigenvalue weighted by Crippen LogP contribution is -2.07. The smallest absolute Gasteiger partial charge is 0.238 e. The highest BCUT2D eigenvalue weighted by Crippen LogP contribution is 2.46. The zero-order valence-electron chi connectivity index (χ0n) is 34.7. The van der Waals surface area contributed by atoms with Crippen LogP contribution in [0.1, 0.15) is 0 Å². The second kappa shape index (κ2) is 14.0. The molecule has 0 bridgehead atoms. The Morgan fingerprint density at radius 2 is 0.985 bits per heavy atom. The molecule has 10 aromatic carbocycles. The summed E-state index contributed by atoms with van der Waals surface area (Å²) in [5.41, 5.74) is 10.1. The SMILES string of the molecule is c1ccc(-c2nc(-c3ccc4c(c3)oc3ccccc34)nc(-n3c4ccc5ccccc5c4c4cccc(-c5cccc6c(-c7cccc8sc9ccccc9c78)cccc56)c43)n2)cc1. The first kappa shape index (κ1) is 36.1. The van der Waals surface area contributed by atoms with Gasteiger partial charge in [-0.25, -0.2) is 4.98 Å². The normalized spacial score (nSPS) is 12.0. The maximum absolute atomic E-state index is 6.38. The van der Waals surface area contributed by atoms with Crippen LogP contribution in [0.25, 0.3) is 136 Å². The molecule has 0 fully saturated rings. The van der Waals surface area contributed by atoms with E-state index in [0.717, 1.165) is 66.0 Å². The minimum atomic E-state index is 0.540. The lowest BCUT2D eigenvalue weighted by molar-refractivity contribution is 0.669. The Labute approximate surface area is 376 Å². The van der Waals surface area contributed by atoms with Crippen molar-refractivity contribution in [3.8, 4) is 51.0 Å². The summed E-state index contributed by atoms with van der Waals surface area (Å²) in [5.74, 6) is 1.70. The summed E-state index contributed by atoms with van der Waals surface area (Å²) in [5, 5.41) is 11.8. The summed E-state index contributed by atoms with van der Waals surface area (Å²) in [6, 6.07) is 73.4. The van der Waals surface area contributed by atoms with Crippen molar-refractivity contribution in [2.75, 3.05) is 0 Å². The van der Waals surface area contributed by atoms with Crippen LogP contribution in [0.3, 0.4) is 0 Å². The number of fused-ring (bicyclic) bond motifs is 12. The first-order chi connectivity index (χ1) is 32.2. The Kier molecular flexibility index (Phi) is 7.79. The molecular formula is C59H34N4OS. The van der Waals surface area contributed by atoms with Gasteiger partial charge in [-0.1, -0.05) is 170 Å². The van der Waals surface area contributed by atoms with Crippen LogP contribution in [0.2, 0.25) is 0 Å². The second-order valence-electron chi connectivity index (χ2n) is 16.7. The van der Waals surface area contributed by atoms with Crippen LogP contribution in [-0.4, -0.2) is 19.5 Å². The van der Waals surface area contributed by atoms with Gasteiger partial charge >= 0.3 is 0 Å². The van der Waals surface area contributed by atoms with Gasteiger partial charge in [0.25, 0.3) is 0 Å². The standard InChI is InChI=1S/C59H34N4OS/c1-2-15-36(16-3-1)57-60-58(37-30-32-44-43-18-6-8-27-50(43)64-51(44)34-37)62-59(61-57)63-49-33-31-35-14-4-5-17-38(35)54(49)48-26-12-25-46(56(48)63)42-23-11-20-39-40(42)21-10-22-41(39)45-24-13-29-53-55(45)47-19-7-9-28-52(47)65-53/h1-34H. The highest BCUT2D eigenvalue weighted by atomic mass is 32.1. The summed E-state index contributed by atoms with van der Waals surface area (Å²) < 4.78 is 11.2. The fourth-order valence-corrected chi connectivity index (χ4v) is 11.3. The van der Waals surface area contributed by atoms with E-state index in [1.807, 2.05) is 47.7 Å². The topological polar surface area (TPSA) is 56.7 Å². The molecule has 0 radical (unpaired) electrons. The number of hydrogen-bond acceptors (Lipinski definition) is 5. The van der Waals surface area contributed by atoms with E-state index < -0.39 is 0 Å². The number of benzene rings is 10. The monoisotopic (exact) mass is 846 g/mol. The minimum absolute atomic E-state index is 0.540. The molecule has 0 saturated heterocycles. The summed E-state index contributed by atoms with van der Waals surface area (Å²) in [4.78, 5) is 16.0. The van der Waals surface area contributed by atoms with Gasteiger partial charge in [0.2, 0.25) is 5.95 Å². The average Bonchev–Trinajstić information content (AvgIpc) is 4.06. The molecule has 0 saturated carbocycles. The molecule has 0 spiro atoms. The predicted molar refractivity (Wildman–Crippen MR) is 271 cm³/mol. The molecule has 0 amide bonds. The van der Waals surface area contributed by atoms with Gasteiger partial charge in [0.05, 0.1) is 11.0 Å². The van der Waals surface area contributed by atoms with Gasteiger partial charge in [-0.05, 0) is 74.6 Å². The quantitative estimate of drug-likeness (QED) is 0.173. The van der Waals surface area contributed by atoms with Crippen molar-refractivity contribution in [1.82, 2.24) is 19.5 Å². The van der Waals surface area contributed by atoms with E-state index in [9.17, 15) is 0 Å². The molecule has 65 heavy (non-hydrogen) atoms. The van der Waals surface area contributed by atoms with Gasteiger partial charge in [0.1, 0.15) is 11.2 Å². The van der Waals surface area contributed by atoms with E-state index >= 15 is 0 Å². The molecule has 14 aromatic rings. The third kappa shape index (κ3) is 5.48. The maximum Gasteiger partial charge on any atom is 0.238 e. The van der Waals surface area contributed by atoms with Crippen molar-refractivity contribution in [3.05, 3.63) is 206 Å². The van der Waals surface area contributed by atoms with Crippen LogP contribution in [0.15, 0.2) is 211 Å². The van der Waals surface area contributed by atoms with E-state index in [0.29, 0.717) is 17.6 Å². The van der Waals surface area contributed by atoms with E-state index in [2.05, 4.69) is 174 Å². The molecule has 14 rings (SSSR count). The number of furan rings is 1. The Hall–Kier alpha value is -8.45. The minimum Gasteiger partial charge on any atom is -0.456 e. The van der Waals surface area contributed by atoms with Crippen molar-refractivity contribution in [1.29, 1.82) is 0 Å². The fourth-order valence-electron chi connectivity index (χ4n) is 10.2. The number of thiophene rings is 1. The van der Waals surface area contributed by atoms with Crippen LogP contribution in [0, 0.1) is 0 Å². The molecule has 0 unspecified atom stereocenters. The summed E-state index contributed by atoms with van der Waals surface area (Å²) in [7, 11) is 0. The van der Waals surface area contributed by atoms with Crippen LogP contribution in [-0.2, 0) is 0 Å². The first-order valence-corrected chi connectivity index (χ1v) is 22.7. The van der Waals surface area contributed by atoms with E-state index in [4.69, 9.17) is 19.4 Å². The molecule has 0 aliphatic carbocycles. The average molecular weight is 847 g/mol. The van der Waals surface area contributed by atoms with Gasteiger partial charge in [0, 0.05) is 58.4 Å². The van der Waals surface area contributed by atoms with Crippen molar-refractivity contribution < 1.29 is 4.42 Å².